The lowest BCUT2D eigenvalue weighted by molar-refractivity contribution is -0.142. The van der Waals surface area contributed by atoms with Crippen LogP contribution in [0, 0.1) is 23.6 Å². The maximum absolute atomic E-state index is 13.2. The molecule has 6 nitrogen and oxygen atoms in total. The van der Waals surface area contributed by atoms with E-state index in [1.807, 2.05) is 6.92 Å². The van der Waals surface area contributed by atoms with Crippen molar-refractivity contribution in [2.75, 3.05) is 13.1 Å². The minimum absolute atomic E-state index is 0.0451. The topological polar surface area (TPSA) is 75.4 Å². The molecule has 2 heterocycles. The van der Waals surface area contributed by atoms with Gasteiger partial charge in [0.15, 0.2) is 0 Å². The van der Waals surface area contributed by atoms with Crippen molar-refractivity contribution < 1.29 is 19.1 Å². The number of carboxylic acids is 1. The molecular weight excluding hydrogens is 349 g/mol. The van der Waals surface area contributed by atoms with Crippen LogP contribution in [0.4, 0.5) is 4.39 Å². The van der Waals surface area contributed by atoms with E-state index in [4.69, 9.17) is 0 Å². The number of halogens is 1. The Balaban J connectivity index is 1.61. The van der Waals surface area contributed by atoms with Gasteiger partial charge in [-0.05, 0) is 55.4 Å². The molecule has 2 atom stereocenters. The van der Waals surface area contributed by atoms with Crippen molar-refractivity contribution in [3.05, 3.63) is 47.5 Å². The number of benzene rings is 1. The van der Waals surface area contributed by atoms with Crippen LogP contribution in [-0.4, -0.2) is 44.8 Å². The van der Waals surface area contributed by atoms with Crippen LogP contribution in [0.2, 0.25) is 0 Å². The highest BCUT2D eigenvalue weighted by Gasteiger charge is 2.47. The van der Waals surface area contributed by atoms with Gasteiger partial charge in [-0.1, -0.05) is 6.92 Å². The van der Waals surface area contributed by atoms with Crippen molar-refractivity contribution in [1.29, 1.82) is 0 Å². The maximum Gasteiger partial charge on any atom is 0.308 e. The number of carbonyl (C=O) groups excluding carboxylic acids is 1. The van der Waals surface area contributed by atoms with Gasteiger partial charge in [-0.3, -0.25) is 9.59 Å². The third-order valence-electron chi connectivity index (χ3n) is 5.70. The molecule has 1 N–H and O–H groups in total. The second-order valence-electron chi connectivity index (χ2n) is 7.40. The minimum Gasteiger partial charge on any atom is -0.481 e. The molecule has 1 aliphatic heterocycles. The van der Waals surface area contributed by atoms with E-state index < -0.39 is 11.9 Å². The number of hydrogen-bond donors (Lipinski definition) is 1. The SMILES string of the molecule is CCc1c(C(=O)N2C[C@H](C(=O)O)[C@@H](C3CC3)C2)cnn1-c1ccc(F)cc1. The van der Waals surface area contributed by atoms with Gasteiger partial charge >= 0.3 is 5.97 Å². The molecule has 0 unspecified atom stereocenters. The number of aliphatic carboxylic acids is 1. The van der Waals surface area contributed by atoms with E-state index in [0.717, 1.165) is 18.5 Å². The molecule has 142 valence electrons. The Morgan fingerprint density at radius 3 is 2.52 bits per heavy atom. The lowest BCUT2D eigenvalue weighted by Gasteiger charge is -2.16. The average molecular weight is 371 g/mol. The van der Waals surface area contributed by atoms with Crippen LogP contribution in [-0.2, 0) is 11.2 Å². The molecule has 0 radical (unpaired) electrons. The molecule has 1 aliphatic carbocycles. The number of carbonyl (C=O) groups is 2. The number of nitrogens with zero attached hydrogens (tertiary/aromatic N) is 3. The standard InChI is InChI=1S/C20H22FN3O3/c1-2-18-15(9-22-24(18)14-7-5-13(21)6-8-14)19(25)23-10-16(12-3-4-12)17(11-23)20(26)27/h5-9,12,16-17H,2-4,10-11H2,1H3,(H,26,27)/t16-,17+/m1/s1. The summed E-state index contributed by atoms with van der Waals surface area (Å²) in [5.74, 6) is -1.34. The monoisotopic (exact) mass is 371 g/mol. The predicted octanol–water partition coefficient (Wildman–Crippen LogP) is 2.76. The van der Waals surface area contributed by atoms with Gasteiger partial charge in [0.05, 0.1) is 29.1 Å². The van der Waals surface area contributed by atoms with Crippen LogP contribution in [0.1, 0.15) is 35.8 Å². The molecule has 1 saturated heterocycles. The minimum atomic E-state index is -0.820. The van der Waals surface area contributed by atoms with Gasteiger partial charge in [-0.15, -0.1) is 0 Å². The highest BCUT2D eigenvalue weighted by molar-refractivity contribution is 5.96. The second-order valence-corrected chi connectivity index (χ2v) is 7.40. The molecule has 1 saturated carbocycles. The number of likely N-dealkylation sites (tertiary alicyclic amines) is 1. The van der Waals surface area contributed by atoms with E-state index >= 15 is 0 Å². The maximum atomic E-state index is 13.2. The Morgan fingerprint density at radius 1 is 1.22 bits per heavy atom. The molecule has 0 bridgehead atoms. The van der Waals surface area contributed by atoms with Gasteiger partial charge in [0.2, 0.25) is 0 Å². The largest absolute Gasteiger partial charge is 0.481 e. The van der Waals surface area contributed by atoms with E-state index in [9.17, 15) is 19.1 Å². The van der Waals surface area contributed by atoms with Crippen molar-refractivity contribution >= 4 is 11.9 Å². The first-order valence-corrected chi connectivity index (χ1v) is 9.34. The lowest BCUT2D eigenvalue weighted by atomic mass is 9.92. The molecule has 4 rings (SSSR count). The zero-order valence-corrected chi connectivity index (χ0v) is 15.1. The van der Waals surface area contributed by atoms with Crippen LogP contribution < -0.4 is 0 Å². The molecule has 1 aromatic carbocycles. The summed E-state index contributed by atoms with van der Waals surface area (Å²) in [6, 6.07) is 5.95. The zero-order valence-electron chi connectivity index (χ0n) is 15.1. The summed E-state index contributed by atoms with van der Waals surface area (Å²) in [5, 5.41) is 13.9. The van der Waals surface area contributed by atoms with Crippen LogP contribution in [0.3, 0.4) is 0 Å². The van der Waals surface area contributed by atoms with Gasteiger partial charge in [0.1, 0.15) is 5.82 Å². The lowest BCUT2D eigenvalue weighted by Crippen LogP contribution is -2.30. The highest BCUT2D eigenvalue weighted by atomic mass is 19.1. The van der Waals surface area contributed by atoms with Crippen molar-refractivity contribution in [3.8, 4) is 5.69 Å². The Hall–Kier alpha value is -2.70. The molecule has 7 heteroatoms. The number of carboxylic acid groups (broad SMARTS) is 1. The Kier molecular flexibility index (Phi) is 4.45. The number of rotatable bonds is 5. The third kappa shape index (κ3) is 3.22. The molecule has 2 aliphatic rings. The summed E-state index contributed by atoms with van der Waals surface area (Å²) < 4.78 is 14.8. The van der Waals surface area contributed by atoms with E-state index in [0.29, 0.717) is 30.1 Å². The molecular formula is C20H22FN3O3. The second kappa shape index (κ2) is 6.79. The summed E-state index contributed by atoms with van der Waals surface area (Å²) in [4.78, 5) is 26.4. The van der Waals surface area contributed by atoms with E-state index in [-0.39, 0.29) is 24.2 Å². The van der Waals surface area contributed by atoms with Crippen LogP contribution in [0.15, 0.2) is 30.5 Å². The number of hydrogen-bond acceptors (Lipinski definition) is 3. The summed E-state index contributed by atoms with van der Waals surface area (Å²) in [7, 11) is 0. The molecule has 1 aromatic heterocycles. The smallest absolute Gasteiger partial charge is 0.308 e. The molecule has 27 heavy (non-hydrogen) atoms. The zero-order chi connectivity index (χ0) is 19.1. The highest BCUT2D eigenvalue weighted by Crippen LogP contribution is 2.44. The summed E-state index contributed by atoms with van der Waals surface area (Å²) >= 11 is 0. The quantitative estimate of drug-likeness (QED) is 0.877. The Bertz CT molecular complexity index is 873. The number of amides is 1. The molecule has 2 fully saturated rings. The van der Waals surface area contributed by atoms with Crippen LogP contribution >= 0.6 is 0 Å². The van der Waals surface area contributed by atoms with Gasteiger partial charge in [-0.2, -0.15) is 5.10 Å². The van der Waals surface area contributed by atoms with E-state index in [1.54, 1.807) is 21.7 Å². The Labute approximate surface area is 156 Å². The first kappa shape index (κ1) is 17.7. The fourth-order valence-corrected chi connectivity index (χ4v) is 4.13. The van der Waals surface area contributed by atoms with Gasteiger partial charge < -0.3 is 10.0 Å². The molecule has 1 amide bonds. The fraction of sp³-hybridized carbons (Fsp3) is 0.450. The first-order chi connectivity index (χ1) is 13.0. The van der Waals surface area contributed by atoms with E-state index in [2.05, 4.69) is 5.10 Å². The summed E-state index contributed by atoms with van der Waals surface area (Å²) in [5.41, 5.74) is 1.92. The fourth-order valence-electron chi connectivity index (χ4n) is 4.13. The van der Waals surface area contributed by atoms with Crippen molar-refractivity contribution in [2.24, 2.45) is 17.8 Å². The van der Waals surface area contributed by atoms with Crippen molar-refractivity contribution in [2.45, 2.75) is 26.2 Å². The van der Waals surface area contributed by atoms with Crippen LogP contribution in [0.5, 0.6) is 0 Å². The predicted molar refractivity (Wildman–Crippen MR) is 96.1 cm³/mol. The van der Waals surface area contributed by atoms with Gasteiger partial charge in [0, 0.05) is 13.1 Å². The summed E-state index contributed by atoms with van der Waals surface area (Å²) in [6.07, 6.45) is 4.23. The molecule has 2 aromatic rings. The van der Waals surface area contributed by atoms with E-state index in [1.165, 1.54) is 18.3 Å². The number of aromatic nitrogens is 2. The Morgan fingerprint density at radius 2 is 1.93 bits per heavy atom. The summed E-state index contributed by atoms with van der Waals surface area (Å²) in [6.45, 7) is 2.68. The van der Waals surface area contributed by atoms with Crippen molar-refractivity contribution in [3.63, 3.8) is 0 Å². The molecule has 0 spiro atoms. The van der Waals surface area contributed by atoms with Gasteiger partial charge in [-0.25, -0.2) is 9.07 Å². The first-order valence-electron chi connectivity index (χ1n) is 9.34. The normalized spacial score (nSPS) is 22.2. The van der Waals surface area contributed by atoms with Gasteiger partial charge in [0.25, 0.3) is 5.91 Å². The van der Waals surface area contributed by atoms with Crippen LogP contribution in [0.25, 0.3) is 5.69 Å². The third-order valence-corrected chi connectivity index (χ3v) is 5.70. The average Bonchev–Trinajstić information content (AvgIpc) is 3.26. The van der Waals surface area contributed by atoms with Crippen molar-refractivity contribution in [1.82, 2.24) is 14.7 Å².